The van der Waals surface area contributed by atoms with Gasteiger partial charge >= 0.3 is 5.91 Å². The van der Waals surface area contributed by atoms with Gasteiger partial charge in [-0.15, -0.1) is 0 Å². The first-order valence-electron chi connectivity index (χ1n) is 8.94. The molecule has 0 radical (unpaired) electrons. The van der Waals surface area contributed by atoms with Gasteiger partial charge in [-0.05, 0) is 49.5 Å². The predicted molar refractivity (Wildman–Crippen MR) is 106 cm³/mol. The van der Waals surface area contributed by atoms with Crippen molar-refractivity contribution in [2.45, 2.75) is 13.8 Å². The SMILES string of the molecule is CCN(CC)CCOc1ccc(N(C)C(=O)C#Cc2ccccc2)cc1. The van der Waals surface area contributed by atoms with Crippen LogP contribution in [0.2, 0.25) is 0 Å². The summed E-state index contributed by atoms with van der Waals surface area (Å²) in [7, 11) is 1.72. The highest BCUT2D eigenvalue weighted by molar-refractivity contribution is 6.05. The maximum Gasteiger partial charge on any atom is 0.302 e. The molecule has 0 aliphatic carbocycles. The van der Waals surface area contributed by atoms with Crippen LogP contribution in [0.15, 0.2) is 54.6 Å². The van der Waals surface area contributed by atoms with Crippen LogP contribution >= 0.6 is 0 Å². The van der Waals surface area contributed by atoms with E-state index in [1.54, 1.807) is 7.05 Å². The summed E-state index contributed by atoms with van der Waals surface area (Å²) in [5.41, 5.74) is 1.61. The molecule has 0 atom stereocenters. The van der Waals surface area contributed by atoms with Crippen molar-refractivity contribution in [3.8, 4) is 17.6 Å². The Bertz CT molecular complexity index is 741. The maximum absolute atomic E-state index is 12.2. The summed E-state index contributed by atoms with van der Waals surface area (Å²) in [5.74, 6) is 6.11. The minimum Gasteiger partial charge on any atom is -0.492 e. The molecule has 0 aliphatic heterocycles. The lowest BCUT2D eigenvalue weighted by molar-refractivity contribution is -0.113. The number of amides is 1. The van der Waals surface area contributed by atoms with Crippen LogP contribution in [-0.4, -0.2) is 44.1 Å². The van der Waals surface area contributed by atoms with Gasteiger partial charge in [-0.3, -0.25) is 4.79 Å². The quantitative estimate of drug-likeness (QED) is 0.717. The Morgan fingerprint density at radius 1 is 1.00 bits per heavy atom. The third-order valence-electron chi connectivity index (χ3n) is 4.19. The van der Waals surface area contributed by atoms with Crippen molar-refractivity contribution in [2.75, 3.05) is 38.2 Å². The summed E-state index contributed by atoms with van der Waals surface area (Å²) in [6.45, 7) is 7.89. The lowest BCUT2D eigenvalue weighted by atomic mass is 10.2. The van der Waals surface area contributed by atoms with E-state index in [9.17, 15) is 4.79 Å². The fourth-order valence-electron chi connectivity index (χ4n) is 2.45. The highest BCUT2D eigenvalue weighted by Gasteiger charge is 2.08. The number of carbonyl (C=O) groups excluding carboxylic acids is 1. The summed E-state index contributed by atoms with van der Waals surface area (Å²) in [6.07, 6.45) is 0. The first-order chi connectivity index (χ1) is 12.6. The average molecular weight is 350 g/mol. The van der Waals surface area contributed by atoms with E-state index in [1.807, 2.05) is 54.6 Å². The lowest BCUT2D eigenvalue weighted by Crippen LogP contribution is -2.27. The molecule has 0 saturated carbocycles. The van der Waals surface area contributed by atoms with Gasteiger partial charge in [0.05, 0.1) is 0 Å². The van der Waals surface area contributed by atoms with E-state index >= 15 is 0 Å². The first kappa shape index (κ1) is 19.6. The van der Waals surface area contributed by atoms with Crippen molar-refractivity contribution < 1.29 is 9.53 Å². The molecule has 2 aromatic rings. The molecule has 0 heterocycles. The normalized spacial score (nSPS) is 10.2. The van der Waals surface area contributed by atoms with Gasteiger partial charge in [-0.2, -0.15) is 0 Å². The van der Waals surface area contributed by atoms with Crippen LogP contribution < -0.4 is 9.64 Å². The molecule has 0 bridgehead atoms. The van der Waals surface area contributed by atoms with Crippen molar-refractivity contribution in [2.24, 2.45) is 0 Å². The zero-order valence-electron chi connectivity index (χ0n) is 15.7. The summed E-state index contributed by atoms with van der Waals surface area (Å²) < 4.78 is 5.77. The highest BCUT2D eigenvalue weighted by Crippen LogP contribution is 2.18. The summed E-state index contributed by atoms with van der Waals surface area (Å²) in [4.78, 5) is 16.1. The molecule has 0 fully saturated rings. The Morgan fingerprint density at radius 3 is 2.27 bits per heavy atom. The monoisotopic (exact) mass is 350 g/mol. The fourth-order valence-corrected chi connectivity index (χ4v) is 2.45. The van der Waals surface area contributed by atoms with E-state index < -0.39 is 0 Å². The number of nitrogens with zero attached hydrogens (tertiary/aromatic N) is 2. The molecule has 26 heavy (non-hydrogen) atoms. The van der Waals surface area contributed by atoms with Crippen LogP contribution in [0.3, 0.4) is 0 Å². The van der Waals surface area contributed by atoms with Gasteiger partial charge in [0.25, 0.3) is 0 Å². The molecular formula is C22H26N2O2. The number of carbonyl (C=O) groups is 1. The standard InChI is InChI=1S/C22H26N2O2/c1-4-24(5-2)17-18-26-21-14-12-20(13-15-21)23(3)22(25)16-11-19-9-7-6-8-10-19/h6-10,12-15H,4-5,17-18H2,1-3H3. The van der Waals surface area contributed by atoms with Crippen molar-refractivity contribution in [1.82, 2.24) is 4.90 Å². The van der Waals surface area contributed by atoms with E-state index in [-0.39, 0.29) is 5.91 Å². The zero-order valence-corrected chi connectivity index (χ0v) is 15.7. The smallest absolute Gasteiger partial charge is 0.302 e. The summed E-state index contributed by atoms with van der Waals surface area (Å²) in [6, 6.07) is 17.0. The van der Waals surface area contributed by atoms with Gasteiger partial charge in [0.15, 0.2) is 0 Å². The van der Waals surface area contributed by atoms with Crippen LogP contribution in [0.1, 0.15) is 19.4 Å². The second-order valence-corrected chi connectivity index (χ2v) is 5.85. The van der Waals surface area contributed by atoms with E-state index in [4.69, 9.17) is 4.74 Å². The van der Waals surface area contributed by atoms with E-state index in [0.29, 0.717) is 6.61 Å². The largest absolute Gasteiger partial charge is 0.492 e. The number of benzene rings is 2. The van der Waals surface area contributed by atoms with Crippen molar-refractivity contribution in [1.29, 1.82) is 0 Å². The van der Waals surface area contributed by atoms with Crippen molar-refractivity contribution in [3.05, 3.63) is 60.2 Å². The minimum absolute atomic E-state index is 0.246. The third-order valence-corrected chi connectivity index (χ3v) is 4.19. The number of ether oxygens (including phenoxy) is 1. The summed E-state index contributed by atoms with van der Waals surface area (Å²) in [5, 5.41) is 0. The van der Waals surface area contributed by atoms with Gasteiger partial charge in [-0.1, -0.05) is 38.0 Å². The second-order valence-electron chi connectivity index (χ2n) is 5.85. The van der Waals surface area contributed by atoms with Crippen LogP contribution in [0.4, 0.5) is 5.69 Å². The van der Waals surface area contributed by atoms with Crippen molar-refractivity contribution in [3.63, 3.8) is 0 Å². The van der Waals surface area contributed by atoms with E-state index in [1.165, 1.54) is 4.90 Å². The molecule has 0 N–H and O–H groups in total. The first-order valence-corrected chi connectivity index (χ1v) is 8.94. The maximum atomic E-state index is 12.2. The molecule has 4 heteroatoms. The van der Waals surface area contributed by atoms with Crippen LogP contribution in [0.25, 0.3) is 0 Å². The highest BCUT2D eigenvalue weighted by atomic mass is 16.5. The third kappa shape index (κ3) is 5.94. The average Bonchev–Trinajstić information content (AvgIpc) is 2.70. The van der Waals surface area contributed by atoms with E-state index in [2.05, 4.69) is 30.6 Å². The molecular weight excluding hydrogens is 324 g/mol. The molecule has 2 aromatic carbocycles. The Hall–Kier alpha value is -2.77. The molecule has 4 nitrogen and oxygen atoms in total. The van der Waals surface area contributed by atoms with Crippen molar-refractivity contribution >= 4 is 11.6 Å². The Labute approximate surface area is 156 Å². The van der Waals surface area contributed by atoms with Gasteiger partial charge in [0.2, 0.25) is 0 Å². The second kappa shape index (κ2) is 10.3. The van der Waals surface area contributed by atoms with Gasteiger partial charge < -0.3 is 14.5 Å². The van der Waals surface area contributed by atoms with Gasteiger partial charge in [0.1, 0.15) is 12.4 Å². The molecule has 0 saturated heterocycles. The Kier molecular flexibility index (Phi) is 7.73. The number of hydrogen-bond donors (Lipinski definition) is 0. The van der Waals surface area contributed by atoms with Crippen LogP contribution in [-0.2, 0) is 4.79 Å². The Balaban J connectivity index is 1.90. The van der Waals surface area contributed by atoms with E-state index in [0.717, 1.165) is 36.6 Å². The number of hydrogen-bond acceptors (Lipinski definition) is 3. The minimum atomic E-state index is -0.246. The molecule has 2 rings (SSSR count). The molecule has 136 valence electrons. The Morgan fingerprint density at radius 2 is 1.65 bits per heavy atom. The molecule has 0 aromatic heterocycles. The molecule has 0 aliphatic rings. The number of anilines is 1. The molecule has 0 unspecified atom stereocenters. The zero-order chi connectivity index (χ0) is 18.8. The topological polar surface area (TPSA) is 32.8 Å². The summed E-state index contributed by atoms with van der Waals surface area (Å²) >= 11 is 0. The predicted octanol–water partition coefficient (Wildman–Crippen LogP) is 3.42. The van der Waals surface area contributed by atoms with Crippen LogP contribution in [0, 0.1) is 11.8 Å². The fraction of sp³-hybridized carbons (Fsp3) is 0.318. The molecule has 0 spiro atoms. The van der Waals surface area contributed by atoms with Gasteiger partial charge in [0, 0.05) is 30.8 Å². The lowest BCUT2D eigenvalue weighted by Gasteiger charge is -2.18. The van der Waals surface area contributed by atoms with Gasteiger partial charge in [-0.25, -0.2) is 0 Å². The molecule has 1 amide bonds. The number of likely N-dealkylation sites (N-methyl/N-ethyl adjacent to an activating group) is 1. The van der Waals surface area contributed by atoms with Crippen LogP contribution in [0.5, 0.6) is 5.75 Å². The number of rotatable bonds is 7.